The summed E-state index contributed by atoms with van der Waals surface area (Å²) in [6.45, 7) is 3.78. The minimum Gasteiger partial charge on any atom is -0.497 e. The third-order valence-electron chi connectivity index (χ3n) is 2.63. The van der Waals surface area contributed by atoms with Gasteiger partial charge in [-0.1, -0.05) is 19.9 Å². The Balaban J connectivity index is 2.90. The molecule has 1 unspecified atom stereocenters. The molecule has 0 aliphatic heterocycles. The normalized spacial score (nSPS) is 12.2. The summed E-state index contributed by atoms with van der Waals surface area (Å²) in [5.41, 5.74) is 2.19. The SMILES string of the molecule is CCc1cc(CC(C)C(=O)O)cc(OC)c1. The molecule has 1 N–H and O–H groups in total. The molecule has 0 aliphatic rings. The van der Waals surface area contributed by atoms with Crippen molar-refractivity contribution < 1.29 is 14.6 Å². The first-order valence-corrected chi connectivity index (χ1v) is 5.46. The van der Waals surface area contributed by atoms with E-state index >= 15 is 0 Å². The van der Waals surface area contributed by atoms with E-state index in [1.165, 1.54) is 5.56 Å². The molecule has 3 heteroatoms. The maximum atomic E-state index is 10.8. The second-order valence-electron chi connectivity index (χ2n) is 3.99. The lowest BCUT2D eigenvalue weighted by Gasteiger charge is -2.10. The molecule has 0 radical (unpaired) electrons. The smallest absolute Gasteiger partial charge is 0.306 e. The van der Waals surface area contributed by atoms with Crippen LogP contribution in [0.4, 0.5) is 0 Å². The van der Waals surface area contributed by atoms with Crippen LogP contribution >= 0.6 is 0 Å². The molecule has 1 rings (SSSR count). The number of ether oxygens (including phenoxy) is 1. The lowest BCUT2D eigenvalue weighted by atomic mass is 9.98. The third-order valence-corrected chi connectivity index (χ3v) is 2.63. The zero-order valence-electron chi connectivity index (χ0n) is 9.99. The van der Waals surface area contributed by atoms with Crippen molar-refractivity contribution in [1.29, 1.82) is 0 Å². The van der Waals surface area contributed by atoms with Gasteiger partial charge < -0.3 is 9.84 Å². The van der Waals surface area contributed by atoms with Crippen molar-refractivity contribution in [2.24, 2.45) is 5.92 Å². The van der Waals surface area contributed by atoms with Gasteiger partial charge in [0.05, 0.1) is 13.0 Å². The Morgan fingerprint density at radius 1 is 1.38 bits per heavy atom. The molecule has 1 atom stereocenters. The highest BCUT2D eigenvalue weighted by atomic mass is 16.5. The monoisotopic (exact) mass is 222 g/mol. The molecule has 1 aromatic carbocycles. The molecule has 0 spiro atoms. The average molecular weight is 222 g/mol. The summed E-state index contributed by atoms with van der Waals surface area (Å²) in [5.74, 6) is -0.329. The minimum absolute atomic E-state index is 0.364. The highest BCUT2D eigenvalue weighted by molar-refractivity contribution is 5.69. The number of aliphatic carboxylic acids is 1. The van der Waals surface area contributed by atoms with Gasteiger partial charge in [-0.05, 0) is 36.1 Å². The molecule has 0 heterocycles. The van der Waals surface area contributed by atoms with E-state index in [-0.39, 0.29) is 5.92 Å². The summed E-state index contributed by atoms with van der Waals surface area (Å²) in [4.78, 5) is 10.8. The Morgan fingerprint density at radius 3 is 2.50 bits per heavy atom. The Morgan fingerprint density at radius 2 is 2.00 bits per heavy atom. The fourth-order valence-electron chi connectivity index (χ4n) is 1.61. The minimum atomic E-state index is -0.763. The second kappa shape index (κ2) is 5.54. The van der Waals surface area contributed by atoms with Crippen LogP contribution in [0.2, 0.25) is 0 Å². The van der Waals surface area contributed by atoms with Gasteiger partial charge in [0.25, 0.3) is 0 Å². The Bertz CT molecular complexity index is 349. The van der Waals surface area contributed by atoms with E-state index < -0.39 is 5.97 Å². The molecule has 0 bridgehead atoms. The second-order valence-corrected chi connectivity index (χ2v) is 3.99. The summed E-state index contributed by atoms with van der Waals surface area (Å²) in [6.07, 6.45) is 1.46. The zero-order chi connectivity index (χ0) is 12.1. The highest BCUT2D eigenvalue weighted by Gasteiger charge is 2.12. The van der Waals surface area contributed by atoms with E-state index in [2.05, 4.69) is 6.92 Å². The largest absolute Gasteiger partial charge is 0.497 e. The van der Waals surface area contributed by atoms with E-state index in [0.717, 1.165) is 17.7 Å². The van der Waals surface area contributed by atoms with Crippen LogP contribution < -0.4 is 4.74 Å². The molecule has 0 amide bonds. The standard InChI is InChI=1S/C13H18O3/c1-4-10-6-11(5-9(2)13(14)15)8-12(7-10)16-3/h6-9H,4-5H2,1-3H3,(H,14,15). The van der Waals surface area contributed by atoms with Gasteiger partial charge in [-0.15, -0.1) is 0 Å². The zero-order valence-corrected chi connectivity index (χ0v) is 9.99. The summed E-state index contributed by atoms with van der Waals surface area (Å²) in [6, 6.07) is 5.93. The van der Waals surface area contributed by atoms with Crippen molar-refractivity contribution in [2.75, 3.05) is 7.11 Å². The summed E-state index contributed by atoms with van der Waals surface area (Å²) < 4.78 is 5.19. The number of carboxylic acids is 1. The predicted molar refractivity (Wildman–Crippen MR) is 62.9 cm³/mol. The first-order chi connectivity index (χ1) is 7.56. The van der Waals surface area contributed by atoms with Gasteiger partial charge in [0, 0.05) is 0 Å². The van der Waals surface area contributed by atoms with Crippen LogP contribution in [0.15, 0.2) is 18.2 Å². The van der Waals surface area contributed by atoms with Gasteiger partial charge in [0.2, 0.25) is 0 Å². The van der Waals surface area contributed by atoms with Crippen molar-refractivity contribution in [3.63, 3.8) is 0 Å². The lowest BCUT2D eigenvalue weighted by Crippen LogP contribution is -2.12. The Labute approximate surface area is 96.1 Å². The van der Waals surface area contributed by atoms with Crippen LogP contribution in [0.5, 0.6) is 5.75 Å². The van der Waals surface area contributed by atoms with E-state index in [0.29, 0.717) is 6.42 Å². The Hall–Kier alpha value is -1.51. The maximum Gasteiger partial charge on any atom is 0.306 e. The number of carboxylic acid groups (broad SMARTS) is 1. The number of methoxy groups -OCH3 is 1. The first kappa shape index (κ1) is 12.6. The molecule has 1 aromatic rings. The topological polar surface area (TPSA) is 46.5 Å². The number of rotatable bonds is 5. The van der Waals surface area contributed by atoms with Gasteiger partial charge in [0.1, 0.15) is 5.75 Å². The fourth-order valence-corrected chi connectivity index (χ4v) is 1.61. The van der Waals surface area contributed by atoms with Gasteiger partial charge in [-0.25, -0.2) is 0 Å². The summed E-state index contributed by atoms with van der Waals surface area (Å²) in [5, 5.41) is 8.87. The van der Waals surface area contributed by atoms with Crippen LogP contribution in [0.25, 0.3) is 0 Å². The highest BCUT2D eigenvalue weighted by Crippen LogP contribution is 2.20. The van der Waals surface area contributed by atoms with E-state index in [1.54, 1.807) is 14.0 Å². The number of hydrogen-bond donors (Lipinski definition) is 1. The quantitative estimate of drug-likeness (QED) is 0.832. The number of aryl methyl sites for hydroxylation is 1. The number of hydrogen-bond acceptors (Lipinski definition) is 2. The van der Waals surface area contributed by atoms with Crippen molar-refractivity contribution in [2.45, 2.75) is 26.7 Å². The van der Waals surface area contributed by atoms with Crippen LogP contribution in [-0.4, -0.2) is 18.2 Å². The third kappa shape index (κ3) is 3.26. The van der Waals surface area contributed by atoms with Crippen LogP contribution in [0.3, 0.4) is 0 Å². The van der Waals surface area contributed by atoms with E-state index in [1.807, 2.05) is 18.2 Å². The van der Waals surface area contributed by atoms with Gasteiger partial charge in [-0.3, -0.25) is 4.79 Å². The van der Waals surface area contributed by atoms with Crippen LogP contribution in [-0.2, 0) is 17.6 Å². The van der Waals surface area contributed by atoms with Crippen molar-refractivity contribution in [1.82, 2.24) is 0 Å². The molecule has 0 aliphatic carbocycles. The van der Waals surface area contributed by atoms with E-state index in [9.17, 15) is 4.79 Å². The van der Waals surface area contributed by atoms with Crippen molar-refractivity contribution in [3.8, 4) is 5.75 Å². The molecule has 0 saturated heterocycles. The number of benzene rings is 1. The number of carbonyl (C=O) groups is 1. The molecular weight excluding hydrogens is 204 g/mol. The van der Waals surface area contributed by atoms with Gasteiger partial charge in [0.15, 0.2) is 0 Å². The molecule has 88 valence electrons. The molecule has 0 aromatic heterocycles. The lowest BCUT2D eigenvalue weighted by molar-refractivity contribution is -0.141. The molecule has 0 saturated carbocycles. The van der Waals surface area contributed by atoms with E-state index in [4.69, 9.17) is 9.84 Å². The molecule has 3 nitrogen and oxygen atoms in total. The predicted octanol–water partition coefficient (Wildman–Crippen LogP) is 2.52. The summed E-state index contributed by atoms with van der Waals surface area (Å²) in [7, 11) is 1.62. The molecule has 16 heavy (non-hydrogen) atoms. The van der Waals surface area contributed by atoms with Gasteiger partial charge >= 0.3 is 5.97 Å². The van der Waals surface area contributed by atoms with Crippen molar-refractivity contribution in [3.05, 3.63) is 29.3 Å². The maximum absolute atomic E-state index is 10.8. The fraction of sp³-hybridized carbons (Fsp3) is 0.462. The summed E-state index contributed by atoms with van der Waals surface area (Å²) >= 11 is 0. The Kier molecular flexibility index (Phi) is 4.35. The first-order valence-electron chi connectivity index (χ1n) is 5.46. The molecular formula is C13H18O3. The molecule has 0 fully saturated rings. The van der Waals surface area contributed by atoms with Crippen LogP contribution in [0.1, 0.15) is 25.0 Å². The van der Waals surface area contributed by atoms with Crippen LogP contribution in [0, 0.1) is 5.92 Å². The van der Waals surface area contributed by atoms with Gasteiger partial charge in [-0.2, -0.15) is 0 Å². The van der Waals surface area contributed by atoms with Crippen molar-refractivity contribution >= 4 is 5.97 Å². The average Bonchev–Trinajstić information content (AvgIpc) is 2.28.